The van der Waals surface area contributed by atoms with Crippen LogP contribution in [0.2, 0.25) is 0 Å². The van der Waals surface area contributed by atoms with Crippen molar-refractivity contribution in [2.75, 3.05) is 17.2 Å². The van der Waals surface area contributed by atoms with Crippen LogP contribution in [0.25, 0.3) is 0 Å². The van der Waals surface area contributed by atoms with Gasteiger partial charge in [-0.25, -0.2) is 0 Å². The first-order chi connectivity index (χ1) is 14.5. The molecule has 150 valence electrons. The van der Waals surface area contributed by atoms with Crippen molar-refractivity contribution in [3.63, 3.8) is 0 Å². The number of carbonyl (C=O) groups excluding carboxylic acids is 3. The second-order valence-corrected chi connectivity index (χ2v) is 7.04. The lowest BCUT2D eigenvalue weighted by Gasteiger charge is -2.12. The molecule has 6 heteroatoms. The molecule has 0 radical (unpaired) electrons. The van der Waals surface area contributed by atoms with Crippen LogP contribution in [0.15, 0.2) is 72.8 Å². The molecule has 4 rings (SSSR count). The number of carbonyl (C=O) groups is 3. The number of ether oxygens (including phenoxy) is 1. The smallest absolute Gasteiger partial charge is 0.259 e. The van der Waals surface area contributed by atoms with Crippen LogP contribution in [0.4, 0.5) is 11.4 Å². The van der Waals surface area contributed by atoms with E-state index in [2.05, 4.69) is 10.6 Å². The molecule has 1 aliphatic rings. The highest BCUT2D eigenvalue weighted by Crippen LogP contribution is 2.32. The highest BCUT2D eigenvalue weighted by atomic mass is 16.5. The van der Waals surface area contributed by atoms with Gasteiger partial charge in [0.05, 0.1) is 11.5 Å². The van der Waals surface area contributed by atoms with E-state index in [9.17, 15) is 14.4 Å². The van der Waals surface area contributed by atoms with Gasteiger partial charge in [0, 0.05) is 16.9 Å². The van der Waals surface area contributed by atoms with E-state index in [1.807, 2.05) is 18.2 Å². The van der Waals surface area contributed by atoms with Gasteiger partial charge in [0.15, 0.2) is 12.4 Å². The van der Waals surface area contributed by atoms with E-state index in [0.717, 1.165) is 11.3 Å². The van der Waals surface area contributed by atoms with Gasteiger partial charge in [0.25, 0.3) is 5.91 Å². The third-order valence-corrected chi connectivity index (χ3v) is 5.01. The minimum absolute atomic E-state index is 0.0794. The zero-order valence-corrected chi connectivity index (χ0v) is 16.3. The lowest BCUT2D eigenvalue weighted by molar-refractivity contribution is -0.116. The Balaban J connectivity index is 1.46. The van der Waals surface area contributed by atoms with Crippen LogP contribution in [-0.4, -0.2) is 24.2 Å². The molecule has 0 unspecified atom stereocenters. The monoisotopic (exact) mass is 400 g/mol. The lowest BCUT2D eigenvalue weighted by atomic mass is 9.99. The number of hydrogen-bond acceptors (Lipinski definition) is 4. The average molecular weight is 400 g/mol. The minimum Gasteiger partial charge on any atom is -0.485 e. The molecule has 0 saturated heterocycles. The summed E-state index contributed by atoms with van der Waals surface area (Å²) in [5.74, 6) is -0.603. The molecule has 2 amide bonds. The molecule has 0 bridgehead atoms. The fraction of sp³-hybridized carbons (Fsp3) is 0.125. The molecule has 1 atom stereocenters. The molecule has 3 aromatic rings. The number of Topliss-reactive ketones (excluding diaryl/α,β-unsaturated/α-hetero) is 1. The number of amides is 2. The Bertz CT molecular complexity index is 1130. The molecular weight excluding hydrogens is 380 g/mol. The number of ketones is 1. The number of para-hydroxylation sites is 2. The highest BCUT2D eigenvalue weighted by Gasteiger charge is 2.27. The van der Waals surface area contributed by atoms with Gasteiger partial charge >= 0.3 is 0 Å². The van der Waals surface area contributed by atoms with Gasteiger partial charge in [0.2, 0.25) is 5.91 Å². The third kappa shape index (κ3) is 3.93. The largest absolute Gasteiger partial charge is 0.485 e. The topological polar surface area (TPSA) is 84.5 Å². The van der Waals surface area contributed by atoms with Gasteiger partial charge in [0.1, 0.15) is 5.75 Å². The molecule has 6 nitrogen and oxygen atoms in total. The molecule has 3 aromatic carbocycles. The maximum Gasteiger partial charge on any atom is 0.259 e. The van der Waals surface area contributed by atoms with E-state index in [1.165, 1.54) is 0 Å². The number of nitrogens with one attached hydrogen (secondary N) is 2. The van der Waals surface area contributed by atoms with Crippen molar-refractivity contribution in [2.45, 2.75) is 12.8 Å². The van der Waals surface area contributed by atoms with Crippen molar-refractivity contribution in [2.24, 2.45) is 0 Å². The molecule has 30 heavy (non-hydrogen) atoms. The number of rotatable bonds is 6. The summed E-state index contributed by atoms with van der Waals surface area (Å²) in [6.07, 6.45) is 0. The van der Waals surface area contributed by atoms with Crippen LogP contribution in [0.1, 0.15) is 39.1 Å². The van der Waals surface area contributed by atoms with Crippen LogP contribution >= 0.6 is 0 Å². The Morgan fingerprint density at radius 3 is 2.53 bits per heavy atom. The summed E-state index contributed by atoms with van der Waals surface area (Å²) in [4.78, 5) is 37.1. The van der Waals surface area contributed by atoms with Crippen molar-refractivity contribution in [1.29, 1.82) is 0 Å². The van der Waals surface area contributed by atoms with Crippen LogP contribution in [-0.2, 0) is 4.79 Å². The molecule has 1 heterocycles. The Morgan fingerprint density at radius 1 is 1.00 bits per heavy atom. The van der Waals surface area contributed by atoms with Crippen LogP contribution in [0.3, 0.4) is 0 Å². The molecule has 0 aliphatic carbocycles. The molecule has 0 aromatic heterocycles. The van der Waals surface area contributed by atoms with Gasteiger partial charge < -0.3 is 15.4 Å². The summed E-state index contributed by atoms with van der Waals surface area (Å²) in [5.41, 5.74) is 3.00. The van der Waals surface area contributed by atoms with Gasteiger partial charge in [-0.15, -0.1) is 0 Å². The van der Waals surface area contributed by atoms with Crippen LogP contribution in [0.5, 0.6) is 5.75 Å². The number of fused-ring (bicyclic) bond motifs is 1. The zero-order valence-electron chi connectivity index (χ0n) is 16.3. The second kappa shape index (κ2) is 8.21. The number of anilines is 2. The van der Waals surface area contributed by atoms with E-state index in [-0.39, 0.29) is 30.1 Å². The van der Waals surface area contributed by atoms with Gasteiger partial charge in [-0.2, -0.15) is 0 Å². The summed E-state index contributed by atoms with van der Waals surface area (Å²) in [7, 11) is 0. The van der Waals surface area contributed by atoms with E-state index < -0.39 is 0 Å². The Kier molecular flexibility index (Phi) is 5.30. The molecule has 1 aliphatic heterocycles. The van der Waals surface area contributed by atoms with Gasteiger partial charge in [-0.3, -0.25) is 14.4 Å². The molecule has 0 fully saturated rings. The fourth-order valence-corrected chi connectivity index (χ4v) is 3.32. The lowest BCUT2D eigenvalue weighted by Crippen LogP contribution is -2.16. The maximum absolute atomic E-state index is 12.6. The quantitative estimate of drug-likeness (QED) is 0.606. The standard InChI is InChI=1S/C24H20N2O4/c1-15-19-13-16(11-12-20(19)26-23(15)28)21(27)14-30-22-10-6-5-9-18(22)24(29)25-17-7-3-2-4-8-17/h2-13,15H,14H2,1H3,(H,25,29)(H,26,28)/t15-/m0/s1. The van der Waals surface area contributed by atoms with Crippen molar-refractivity contribution in [3.05, 3.63) is 89.5 Å². The Labute approximate surface area is 173 Å². The molecule has 0 spiro atoms. The minimum atomic E-state index is -0.319. The van der Waals surface area contributed by atoms with Gasteiger partial charge in [-0.05, 0) is 55.0 Å². The number of hydrogen-bond donors (Lipinski definition) is 2. The Morgan fingerprint density at radius 2 is 1.73 bits per heavy atom. The summed E-state index contributed by atoms with van der Waals surface area (Å²) < 4.78 is 5.69. The zero-order chi connectivity index (χ0) is 21.1. The fourth-order valence-electron chi connectivity index (χ4n) is 3.32. The predicted octanol–water partition coefficient (Wildman–Crippen LogP) is 4.26. The van der Waals surface area contributed by atoms with Gasteiger partial charge in [-0.1, -0.05) is 30.3 Å². The van der Waals surface area contributed by atoms with E-state index >= 15 is 0 Å². The third-order valence-electron chi connectivity index (χ3n) is 5.01. The summed E-state index contributed by atoms with van der Waals surface area (Å²) in [6.45, 7) is 1.58. The first-order valence-electron chi connectivity index (χ1n) is 9.59. The predicted molar refractivity (Wildman–Crippen MR) is 114 cm³/mol. The van der Waals surface area contributed by atoms with E-state index in [0.29, 0.717) is 22.6 Å². The summed E-state index contributed by atoms with van der Waals surface area (Å²) in [5, 5.41) is 5.60. The maximum atomic E-state index is 12.6. The first-order valence-corrected chi connectivity index (χ1v) is 9.59. The van der Waals surface area contributed by atoms with Crippen molar-refractivity contribution < 1.29 is 19.1 Å². The summed E-state index contributed by atoms with van der Waals surface area (Å²) >= 11 is 0. The highest BCUT2D eigenvalue weighted by molar-refractivity contribution is 6.07. The second-order valence-electron chi connectivity index (χ2n) is 7.04. The Hall–Kier alpha value is -3.93. The molecule has 0 saturated carbocycles. The number of benzene rings is 3. The van der Waals surface area contributed by atoms with Crippen LogP contribution in [0, 0.1) is 0 Å². The van der Waals surface area contributed by atoms with Crippen molar-refractivity contribution in [3.8, 4) is 5.75 Å². The van der Waals surface area contributed by atoms with Crippen LogP contribution < -0.4 is 15.4 Å². The molecule has 2 N–H and O–H groups in total. The molecular formula is C24H20N2O4. The van der Waals surface area contributed by atoms with E-state index in [4.69, 9.17) is 4.74 Å². The SMILES string of the molecule is C[C@@H]1C(=O)Nc2ccc(C(=O)COc3ccccc3C(=O)Nc3ccccc3)cc21. The van der Waals surface area contributed by atoms with Crippen molar-refractivity contribution >= 4 is 29.0 Å². The first kappa shape index (κ1) is 19.4. The summed E-state index contributed by atoms with van der Waals surface area (Å²) in [6, 6.07) is 21.0. The normalized spacial score (nSPS) is 14.6. The van der Waals surface area contributed by atoms with Crippen molar-refractivity contribution in [1.82, 2.24) is 0 Å². The average Bonchev–Trinajstić information content (AvgIpc) is 3.06. The van der Waals surface area contributed by atoms with E-state index in [1.54, 1.807) is 61.5 Å².